The molecule has 14 nitrogen and oxygen atoms in total. The van der Waals surface area contributed by atoms with Gasteiger partial charge in [-0.05, 0) is 103 Å². The van der Waals surface area contributed by atoms with E-state index in [1.54, 1.807) is 6.08 Å². The number of carbonyl (C=O) groups is 1. The molecule has 1 amide bonds. The zero-order chi connectivity index (χ0) is 62.3. The van der Waals surface area contributed by atoms with Gasteiger partial charge in [-0.25, -0.2) is 0 Å². The molecule has 2 aliphatic rings. The van der Waals surface area contributed by atoms with E-state index < -0.39 is 86.8 Å². The van der Waals surface area contributed by atoms with Crippen molar-refractivity contribution >= 4 is 5.91 Å². The summed E-state index contributed by atoms with van der Waals surface area (Å²) in [5.74, 6) is -0.289. The predicted octanol–water partition coefficient (Wildman–Crippen LogP) is 13.3. The maximum Gasteiger partial charge on any atom is 0.220 e. The quantitative estimate of drug-likeness (QED) is 0.0204. The minimum Gasteiger partial charge on any atom is -0.394 e. The van der Waals surface area contributed by atoms with Crippen molar-refractivity contribution in [2.24, 2.45) is 0 Å². The number of hydrogen-bond acceptors (Lipinski definition) is 13. The molecule has 2 aliphatic heterocycles. The van der Waals surface area contributed by atoms with E-state index in [2.05, 4.69) is 129 Å². The number of amides is 1. The molecule has 12 atom stereocenters. The summed E-state index contributed by atoms with van der Waals surface area (Å²) in [6.45, 7) is 2.64. The van der Waals surface area contributed by atoms with Crippen molar-refractivity contribution in [2.75, 3.05) is 19.8 Å². The first-order chi connectivity index (χ1) is 42.1. The van der Waals surface area contributed by atoms with Gasteiger partial charge < -0.3 is 65.1 Å². The Morgan fingerprint density at radius 1 is 0.430 bits per heavy atom. The van der Waals surface area contributed by atoms with Gasteiger partial charge in [0.25, 0.3) is 0 Å². The Labute approximate surface area is 520 Å². The monoisotopic (exact) mass is 1210 g/mol. The number of rotatable bonds is 53. The number of ether oxygens (including phenoxy) is 4. The smallest absolute Gasteiger partial charge is 0.220 e. The second-order valence-corrected chi connectivity index (χ2v) is 23.2. The number of nitrogens with one attached hydrogen (secondary N) is 1. The minimum absolute atomic E-state index is 0.222. The lowest BCUT2D eigenvalue weighted by Gasteiger charge is -2.46. The molecule has 0 radical (unpaired) electrons. The molecule has 0 bridgehead atoms. The normalized spacial score (nSPS) is 24.2. The van der Waals surface area contributed by atoms with Crippen LogP contribution in [0.2, 0.25) is 0 Å². The van der Waals surface area contributed by atoms with E-state index in [-0.39, 0.29) is 18.9 Å². The highest BCUT2D eigenvalue weighted by atomic mass is 16.7. The minimum atomic E-state index is -1.80. The molecule has 2 saturated heterocycles. The van der Waals surface area contributed by atoms with Gasteiger partial charge >= 0.3 is 0 Å². The van der Waals surface area contributed by atoms with Crippen LogP contribution in [0.15, 0.2) is 122 Å². The first-order valence-corrected chi connectivity index (χ1v) is 33.8. The highest BCUT2D eigenvalue weighted by Crippen LogP contribution is 2.30. The van der Waals surface area contributed by atoms with Crippen molar-refractivity contribution in [1.82, 2.24) is 5.32 Å². The Hall–Kier alpha value is -3.61. The van der Waals surface area contributed by atoms with Gasteiger partial charge in [0, 0.05) is 6.42 Å². The molecular weight excluding hydrogens is 1090 g/mol. The van der Waals surface area contributed by atoms with Crippen LogP contribution in [0.5, 0.6) is 0 Å². The largest absolute Gasteiger partial charge is 0.394 e. The van der Waals surface area contributed by atoms with Crippen LogP contribution in [0.25, 0.3) is 0 Å². The van der Waals surface area contributed by atoms with E-state index in [0.717, 1.165) is 89.9 Å². The van der Waals surface area contributed by atoms with Crippen molar-refractivity contribution in [3.05, 3.63) is 122 Å². The molecule has 0 aromatic carbocycles. The average molecular weight is 1210 g/mol. The van der Waals surface area contributed by atoms with Crippen LogP contribution >= 0.6 is 0 Å². The second-order valence-electron chi connectivity index (χ2n) is 23.2. The van der Waals surface area contributed by atoms with Gasteiger partial charge in [-0.15, -0.1) is 0 Å². The highest BCUT2D eigenvalue weighted by molar-refractivity contribution is 5.76. The van der Waals surface area contributed by atoms with E-state index in [1.165, 1.54) is 109 Å². The number of hydrogen-bond donors (Lipinski definition) is 9. The maximum atomic E-state index is 13.3. The molecule has 492 valence electrons. The lowest BCUT2D eigenvalue weighted by atomic mass is 9.97. The summed E-state index contributed by atoms with van der Waals surface area (Å²) in [5, 5.41) is 87.3. The molecule has 2 rings (SSSR count). The van der Waals surface area contributed by atoms with Gasteiger partial charge in [0.05, 0.1) is 32.0 Å². The molecule has 0 aromatic rings. The lowest BCUT2D eigenvalue weighted by Crippen LogP contribution is -2.65. The zero-order valence-corrected chi connectivity index (χ0v) is 53.3. The summed E-state index contributed by atoms with van der Waals surface area (Å²) >= 11 is 0. The number of allylic oxidation sites excluding steroid dienone is 19. The molecule has 2 fully saturated rings. The van der Waals surface area contributed by atoms with Gasteiger partial charge in [-0.2, -0.15) is 0 Å². The van der Waals surface area contributed by atoms with Crippen LogP contribution in [0, 0.1) is 0 Å². The third-order valence-electron chi connectivity index (χ3n) is 15.6. The highest BCUT2D eigenvalue weighted by Gasteiger charge is 2.51. The fourth-order valence-corrected chi connectivity index (χ4v) is 10.2. The molecule has 9 N–H and O–H groups in total. The SMILES string of the molecule is CC/C=C\C/C=C\C/C=C\C/C=C\C/C=C\C/C=C\C/C=C\CCCCCC(=O)NC(COC1OC(CO)C(OC2OC(CO)C(O)C(O)C2O)C(O)C1O)C(O)/C=C/CC/C=C/CC/C=C/CCCCCCCCCCCCCCCCCCC. The molecule has 2 heterocycles. The number of aliphatic hydroxyl groups is 8. The third kappa shape index (κ3) is 39.4. The molecule has 0 aliphatic carbocycles. The second kappa shape index (κ2) is 55.5. The van der Waals surface area contributed by atoms with E-state index in [4.69, 9.17) is 18.9 Å². The first kappa shape index (κ1) is 78.5. The zero-order valence-electron chi connectivity index (χ0n) is 53.3. The van der Waals surface area contributed by atoms with E-state index in [9.17, 15) is 45.6 Å². The fourth-order valence-electron chi connectivity index (χ4n) is 10.2. The Morgan fingerprint density at radius 3 is 1.28 bits per heavy atom. The van der Waals surface area contributed by atoms with Gasteiger partial charge in [-0.1, -0.05) is 245 Å². The standard InChI is InChI=1S/C72H121NO13/c1-3-5-7-9-11-13-15-17-19-21-23-25-27-29-30-32-33-35-37-39-41-43-45-47-49-51-53-55-61(76)60(59-83-71-69(82)67(80)70(63(58-75)85-71)86-72-68(81)66(79)65(78)62(57-74)84-72)73-64(77)56-54-52-50-48-46-44-42-40-38-36-34-31-28-26-24-22-20-18-16-14-12-10-8-6-4-2/h6,8,12,14,18,20,24,26,31,34,37-40,44-47,53,55,60-63,65-72,74-76,78-82H,3-5,7,9-11,13,15-17,19,21-23,25,27-30,32-33,35-36,41-43,48-52,54,56-59H2,1-2H3,(H,73,77)/b8-6-,14-12-,20-18-,26-24-,34-31-,39-37+,40-38-,46-44-,47-45+,55-53+. The van der Waals surface area contributed by atoms with Gasteiger partial charge in [-0.3, -0.25) is 4.79 Å². The van der Waals surface area contributed by atoms with E-state index >= 15 is 0 Å². The average Bonchev–Trinajstić information content (AvgIpc) is 2.54. The molecular formula is C72H121NO13. The molecule has 0 saturated carbocycles. The lowest BCUT2D eigenvalue weighted by molar-refractivity contribution is -0.359. The third-order valence-corrected chi connectivity index (χ3v) is 15.6. The van der Waals surface area contributed by atoms with Crippen LogP contribution in [0.1, 0.15) is 232 Å². The van der Waals surface area contributed by atoms with Crippen LogP contribution in [-0.2, 0) is 23.7 Å². The van der Waals surface area contributed by atoms with E-state index in [0.29, 0.717) is 12.8 Å². The summed E-state index contributed by atoms with van der Waals surface area (Å²) < 4.78 is 22.8. The summed E-state index contributed by atoms with van der Waals surface area (Å²) in [6, 6.07) is -0.967. The summed E-state index contributed by atoms with van der Waals surface area (Å²) in [6.07, 6.45) is 63.9. The number of unbranched alkanes of at least 4 members (excludes halogenated alkanes) is 22. The van der Waals surface area contributed by atoms with Crippen LogP contribution < -0.4 is 5.32 Å². The van der Waals surface area contributed by atoms with Crippen LogP contribution in [0.3, 0.4) is 0 Å². The maximum absolute atomic E-state index is 13.3. The Kier molecular flexibility index (Phi) is 50.6. The number of carbonyl (C=O) groups excluding carboxylic acids is 1. The van der Waals surface area contributed by atoms with Crippen molar-refractivity contribution in [1.29, 1.82) is 0 Å². The molecule has 14 heteroatoms. The Bertz CT molecular complexity index is 1910. The van der Waals surface area contributed by atoms with Crippen molar-refractivity contribution in [3.63, 3.8) is 0 Å². The molecule has 86 heavy (non-hydrogen) atoms. The topological polar surface area (TPSA) is 228 Å². The molecule has 12 unspecified atom stereocenters. The fraction of sp³-hybridized carbons (Fsp3) is 0.708. The first-order valence-electron chi connectivity index (χ1n) is 33.8. The Morgan fingerprint density at radius 2 is 0.814 bits per heavy atom. The molecule has 0 aromatic heterocycles. The van der Waals surface area contributed by atoms with E-state index in [1.807, 2.05) is 6.08 Å². The van der Waals surface area contributed by atoms with Gasteiger partial charge in [0.1, 0.15) is 48.8 Å². The van der Waals surface area contributed by atoms with Gasteiger partial charge in [0.2, 0.25) is 5.91 Å². The van der Waals surface area contributed by atoms with Crippen molar-refractivity contribution in [3.8, 4) is 0 Å². The Balaban J connectivity index is 1.76. The van der Waals surface area contributed by atoms with Gasteiger partial charge in [0.15, 0.2) is 12.6 Å². The summed E-state index contributed by atoms with van der Waals surface area (Å²) in [4.78, 5) is 13.3. The predicted molar refractivity (Wildman–Crippen MR) is 350 cm³/mol. The summed E-state index contributed by atoms with van der Waals surface area (Å²) in [5.41, 5.74) is 0. The van der Waals surface area contributed by atoms with Crippen LogP contribution in [-0.4, -0.2) is 140 Å². The van der Waals surface area contributed by atoms with Crippen molar-refractivity contribution < 1.29 is 64.6 Å². The number of aliphatic hydroxyl groups excluding tert-OH is 8. The van der Waals surface area contributed by atoms with Crippen LogP contribution in [0.4, 0.5) is 0 Å². The molecule has 0 spiro atoms. The van der Waals surface area contributed by atoms with Crippen molar-refractivity contribution in [2.45, 2.75) is 306 Å². The summed E-state index contributed by atoms with van der Waals surface area (Å²) in [7, 11) is 0.